The Hall–Kier alpha value is -2.87. The van der Waals surface area contributed by atoms with Gasteiger partial charge in [0.05, 0.1) is 18.1 Å². The smallest absolute Gasteiger partial charge is 0.352 e. The number of carboxylic acid groups (broad SMARTS) is 1. The second-order valence-electron chi connectivity index (χ2n) is 6.98. The number of carbonyl (C=O) groups excluding carboxylic acids is 2. The van der Waals surface area contributed by atoms with Crippen LogP contribution in [0.15, 0.2) is 30.0 Å². The molecule has 0 unspecified atom stereocenters. The normalized spacial score (nSPS) is 22.2. The van der Waals surface area contributed by atoms with E-state index in [2.05, 4.69) is 0 Å². The van der Waals surface area contributed by atoms with E-state index < -0.39 is 18.0 Å². The van der Waals surface area contributed by atoms with Crippen LogP contribution in [-0.4, -0.2) is 70.6 Å². The first kappa shape index (κ1) is 18.9. The minimum Gasteiger partial charge on any atom is -0.484 e. The zero-order chi connectivity index (χ0) is 19.9. The molecule has 8 heteroatoms. The van der Waals surface area contributed by atoms with Gasteiger partial charge in [-0.1, -0.05) is 12.1 Å². The second-order valence-corrected chi connectivity index (χ2v) is 6.98. The molecular formula is C19H22N2O6. The molecule has 8 nitrogen and oxygen atoms in total. The second kappa shape index (κ2) is 7.03. The number of rotatable bonds is 6. The lowest BCUT2D eigenvalue weighted by Crippen LogP contribution is -2.61. The van der Waals surface area contributed by atoms with Crippen LogP contribution in [0.5, 0.6) is 5.75 Å². The van der Waals surface area contributed by atoms with Crippen molar-refractivity contribution in [3.8, 4) is 5.75 Å². The van der Waals surface area contributed by atoms with Crippen molar-refractivity contribution in [2.45, 2.75) is 25.5 Å². The van der Waals surface area contributed by atoms with Gasteiger partial charge >= 0.3 is 5.97 Å². The largest absolute Gasteiger partial charge is 0.484 e. The molecule has 2 heterocycles. The number of carboxylic acids is 1. The summed E-state index contributed by atoms with van der Waals surface area (Å²) >= 11 is 0. The number of carbonyl (C=O) groups is 3. The number of aliphatic hydroxyl groups excluding tert-OH is 1. The first-order valence-electron chi connectivity index (χ1n) is 8.63. The van der Waals surface area contributed by atoms with Crippen LogP contribution >= 0.6 is 0 Å². The van der Waals surface area contributed by atoms with Crippen molar-refractivity contribution in [2.24, 2.45) is 5.92 Å². The Balaban J connectivity index is 1.80. The predicted octanol–water partition coefficient (Wildman–Crippen LogP) is 0.561. The van der Waals surface area contributed by atoms with E-state index in [4.69, 9.17) is 4.74 Å². The van der Waals surface area contributed by atoms with Crippen LogP contribution in [0.2, 0.25) is 0 Å². The van der Waals surface area contributed by atoms with E-state index in [9.17, 15) is 24.6 Å². The Morgan fingerprint density at radius 3 is 2.44 bits per heavy atom. The van der Waals surface area contributed by atoms with Crippen LogP contribution < -0.4 is 4.74 Å². The van der Waals surface area contributed by atoms with E-state index >= 15 is 0 Å². The van der Waals surface area contributed by atoms with Gasteiger partial charge in [0.2, 0.25) is 5.91 Å². The van der Waals surface area contributed by atoms with Crippen LogP contribution in [0, 0.1) is 5.92 Å². The van der Waals surface area contributed by atoms with E-state index in [0.717, 1.165) is 0 Å². The SMILES string of the molecule is C[C@@H](O)[C@H]1C(=O)N2C(C(=O)O)=C(c3ccc(OCC(=O)N(C)C)cc3)C[C@H]12. The Kier molecular flexibility index (Phi) is 4.93. The van der Waals surface area contributed by atoms with Gasteiger partial charge in [-0.15, -0.1) is 0 Å². The van der Waals surface area contributed by atoms with Crippen LogP contribution in [-0.2, 0) is 14.4 Å². The summed E-state index contributed by atoms with van der Waals surface area (Å²) in [5, 5.41) is 19.4. The van der Waals surface area contributed by atoms with Gasteiger partial charge in [-0.25, -0.2) is 4.79 Å². The zero-order valence-electron chi connectivity index (χ0n) is 15.4. The molecule has 27 heavy (non-hydrogen) atoms. The molecule has 144 valence electrons. The fraction of sp³-hybridized carbons (Fsp3) is 0.421. The highest BCUT2D eigenvalue weighted by Crippen LogP contribution is 2.47. The molecule has 2 N–H and O–H groups in total. The van der Waals surface area contributed by atoms with Crippen molar-refractivity contribution in [1.29, 1.82) is 0 Å². The van der Waals surface area contributed by atoms with Crippen molar-refractivity contribution in [3.63, 3.8) is 0 Å². The third kappa shape index (κ3) is 3.28. The Morgan fingerprint density at radius 1 is 1.30 bits per heavy atom. The van der Waals surface area contributed by atoms with Crippen molar-refractivity contribution in [1.82, 2.24) is 9.80 Å². The molecule has 2 amide bonds. The Morgan fingerprint density at radius 2 is 1.93 bits per heavy atom. The number of fused-ring (bicyclic) bond motifs is 1. The lowest BCUT2D eigenvalue weighted by atomic mass is 9.82. The summed E-state index contributed by atoms with van der Waals surface area (Å²) < 4.78 is 5.42. The summed E-state index contributed by atoms with van der Waals surface area (Å²) in [6.07, 6.45) is -0.444. The van der Waals surface area contributed by atoms with Gasteiger partial charge in [0.25, 0.3) is 5.91 Å². The number of hydrogen-bond donors (Lipinski definition) is 2. The minimum absolute atomic E-state index is 0.0293. The number of benzene rings is 1. The average molecular weight is 374 g/mol. The van der Waals surface area contributed by atoms with Gasteiger partial charge in [0.1, 0.15) is 11.4 Å². The quantitative estimate of drug-likeness (QED) is 0.705. The van der Waals surface area contributed by atoms with Gasteiger partial charge in [0.15, 0.2) is 6.61 Å². The van der Waals surface area contributed by atoms with E-state index in [1.165, 1.54) is 9.80 Å². The Bertz CT molecular complexity index is 812. The highest BCUT2D eigenvalue weighted by Gasteiger charge is 2.56. The zero-order valence-corrected chi connectivity index (χ0v) is 15.4. The summed E-state index contributed by atoms with van der Waals surface area (Å²) in [4.78, 5) is 38.2. The molecular weight excluding hydrogens is 352 g/mol. The maximum Gasteiger partial charge on any atom is 0.352 e. The highest BCUT2D eigenvalue weighted by atomic mass is 16.5. The van der Waals surface area contributed by atoms with Gasteiger partial charge < -0.3 is 24.7 Å². The molecule has 2 aliphatic heterocycles. The molecule has 2 aliphatic rings. The maximum absolute atomic E-state index is 12.2. The van der Waals surface area contributed by atoms with Crippen LogP contribution in [0.4, 0.5) is 0 Å². The summed E-state index contributed by atoms with van der Waals surface area (Å²) in [7, 11) is 3.28. The first-order chi connectivity index (χ1) is 12.7. The number of likely N-dealkylation sites (N-methyl/N-ethyl adjacent to an activating group) is 1. The average Bonchev–Trinajstić information content (AvgIpc) is 2.94. The number of ether oxygens (including phenoxy) is 1. The molecule has 0 saturated carbocycles. The van der Waals surface area contributed by atoms with Gasteiger partial charge in [-0.3, -0.25) is 9.59 Å². The van der Waals surface area contributed by atoms with Crippen LogP contribution in [0.3, 0.4) is 0 Å². The minimum atomic E-state index is -1.17. The highest BCUT2D eigenvalue weighted by molar-refractivity contribution is 6.06. The number of nitrogens with zero attached hydrogens (tertiary/aromatic N) is 2. The standard InChI is InChI=1S/C19H22N2O6/c1-10(22)16-14-8-13(17(19(25)26)21(14)18(16)24)11-4-6-12(7-5-11)27-9-15(23)20(2)3/h4-7,10,14,16,22H,8-9H2,1-3H3,(H,25,26)/t10-,14-,16-/m1/s1. The third-order valence-corrected chi connectivity index (χ3v) is 4.99. The van der Waals surface area contributed by atoms with Crippen LogP contribution in [0.1, 0.15) is 18.9 Å². The van der Waals surface area contributed by atoms with Gasteiger partial charge in [-0.05, 0) is 36.6 Å². The predicted molar refractivity (Wildman–Crippen MR) is 95.6 cm³/mol. The number of hydrogen-bond acceptors (Lipinski definition) is 5. The molecule has 0 aliphatic carbocycles. The summed E-state index contributed by atoms with van der Waals surface area (Å²) in [5.41, 5.74) is 1.20. The van der Waals surface area contributed by atoms with Crippen molar-refractivity contribution >= 4 is 23.4 Å². The lowest BCUT2D eigenvalue weighted by Gasteiger charge is -2.44. The van der Waals surface area contributed by atoms with Crippen molar-refractivity contribution < 1.29 is 29.3 Å². The number of aliphatic carboxylic acids is 1. The lowest BCUT2D eigenvalue weighted by molar-refractivity contribution is -0.161. The molecule has 0 spiro atoms. The summed E-state index contributed by atoms with van der Waals surface area (Å²) in [6, 6.07) is 6.41. The molecule has 0 bridgehead atoms. The Labute approximate surface area is 156 Å². The monoisotopic (exact) mass is 374 g/mol. The van der Waals surface area contributed by atoms with E-state index in [1.807, 2.05) is 0 Å². The fourth-order valence-electron chi connectivity index (χ4n) is 3.55. The number of amides is 2. The molecule has 1 aromatic rings. The molecule has 0 aromatic heterocycles. The molecule has 1 saturated heterocycles. The van der Waals surface area contributed by atoms with E-state index in [-0.39, 0.29) is 30.2 Å². The molecule has 3 atom stereocenters. The third-order valence-electron chi connectivity index (χ3n) is 4.99. The molecule has 1 fully saturated rings. The first-order valence-corrected chi connectivity index (χ1v) is 8.63. The number of aliphatic hydroxyl groups is 1. The summed E-state index contributed by atoms with van der Waals surface area (Å²) in [5.74, 6) is -1.77. The van der Waals surface area contributed by atoms with Gasteiger partial charge in [-0.2, -0.15) is 0 Å². The van der Waals surface area contributed by atoms with E-state index in [1.54, 1.807) is 45.3 Å². The molecule has 3 rings (SSSR count). The maximum atomic E-state index is 12.2. The topological polar surface area (TPSA) is 107 Å². The van der Waals surface area contributed by atoms with Gasteiger partial charge in [0, 0.05) is 14.1 Å². The number of β-lactam (4-membered cyclic amide) rings is 1. The molecule has 1 aromatic carbocycles. The summed E-state index contributed by atoms with van der Waals surface area (Å²) in [6.45, 7) is 1.45. The molecule has 0 radical (unpaired) electrons. The van der Waals surface area contributed by atoms with Crippen molar-refractivity contribution in [3.05, 3.63) is 35.5 Å². The van der Waals surface area contributed by atoms with E-state index in [0.29, 0.717) is 23.3 Å². The fourth-order valence-corrected chi connectivity index (χ4v) is 3.55. The van der Waals surface area contributed by atoms with Crippen LogP contribution in [0.25, 0.3) is 5.57 Å². The van der Waals surface area contributed by atoms with Crippen molar-refractivity contribution in [2.75, 3.05) is 20.7 Å².